The van der Waals surface area contributed by atoms with E-state index in [4.69, 9.17) is 5.73 Å². The van der Waals surface area contributed by atoms with Gasteiger partial charge in [0.25, 0.3) is 0 Å². The minimum atomic E-state index is 0.511. The summed E-state index contributed by atoms with van der Waals surface area (Å²) in [6, 6.07) is 7.78. The number of nitrogens with zero attached hydrogens (tertiary/aromatic N) is 2. The first-order valence-electron chi connectivity index (χ1n) is 4.80. The van der Waals surface area contributed by atoms with E-state index in [1.165, 1.54) is 0 Å². The molecule has 0 bridgehead atoms. The summed E-state index contributed by atoms with van der Waals surface area (Å²) >= 11 is 2.20. The molecule has 0 saturated carbocycles. The molecule has 0 spiro atoms. The van der Waals surface area contributed by atoms with E-state index in [1.807, 2.05) is 24.3 Å². The fraction of sp³-hybridized carbons (Fsp3) is 0.0909. The minimum absolute atomic E-state index is 0.511. The van der Waals surface area contributed by atoms with Crippen LogP contribution >= 0.6 is 22.6 Å². The summed E-state index contributed by atoms with van der Waals surface area (Å²) in [5, 5.41) is 3.22. The van der Waals surface area contributed by atoms with Gasteiger partial charge in [-0.05, 0) is 40.8 Å². The molecular formula is C11H11IN4. The van der Waals surface area contributed by atoms with Crippen molar-refractivity contribution in [2.24, 2.45) is 0 Å². The van der Waals surface area contributed by atoms with Crippen molar-refractivity contribution in [3.05, 3.63) is 45.9 Å². The van der Waals surface area contributed by atoms with Gasteiger partial charge >= 0.3 is 0 Å². The number of anilines is 2. The Balaban J connectivity index is 2.08. The molecule has 5 heteroatoms. The normalized spacial score (nSPS) is 10.1. The summed E-state index contributed by atoms with van der Waals surface area (Å²) in [6.07, 6.45) is 3.51. The van der Waals surface area contributed by atoms with Crippen LogP contribution in [0.2, 0.25) is 0 Å². The van der Waals surface area contributed by atoms with E-state index < -0.39 is 0 Å². The van der Waals surface area contributed by atoms with Crippen molar-refractivity contribution >= 4 is 34.1 Å². The van der Waals surface area contributed by atoms with E-state index in [0.717, 1.165) is 15.0 Å². The molecule has 0 fully saturated rings. The Morgan fingerprint density at radius 2 is 2.19 bits per heavy atom. The van der Waals surface area contributed by atoms with Crippen LogP contribution in [0, 0.1) is 3.57 Å². The molecule has 2 aromatic heterocycles. The van der Waals surface area contributed by atoms with Crippen LogP contribution in [0.5, 0.6) is 0 Å². The number of rotatable bonds is 3. The average molecular weight is 326 g/mol. The number of halogens is 1. The Morgan fingerprint density at radius 1 is 1.31 bits per heavy atom. The molecule has 0 radical (unpaired) electrons. The molecule has 2 rings (SSSR count). The lowest BCUT2D eigenvalue weighted by Gasteiger charge is -2.08. The first kappa shape index (κ1) is 11.1. The molecular weight excluding hydrogens is 315 g/mol. The lowest BCUT2D eigenvalue weighted by Crippen LogP contribution is -2.05. The maximum Gasteiger partial charge on any atom is 0.146 e. The smallest absolute Gasteiger partial charge is 0.146 e. The first-order valence-corrected chi connectivity index (χ1v) is 5.88. The van der Waals surface area contributed by atoms with Crippen molar-refractivity contribution in [2.45, 2.75) is 6.54 Å². The van der Waals surface area contributed by atoms with Crippen LogP contribution in [-0.4, -0.2) is 9.97 Å². The van der Waals surface area contributed by atoms with Crippen molar-refractivity contribution in [1.29, 1.82) is 0 Å². The van der Waals surface area contributed by atoms with Crippen molar-refractivity contribution in [1.82, 2.24) is 9.97 Å². The van der Waals surface area contributed by atoms with Crippen LogP contribution in [0.15, 0.2) is 36.7 Å². The molecule has 0 saturated heterocycles. The minimum Gasteiger partial charge on any atom is -0.382 e. The Morgan fingerprint density at radius 3 is 2.94 bits per heavy atom. The van der Waals surface area contributed by atoms with Gasteiger partial charge in [-0.15, -0.1) is 0 Å². The van der Waals surface area contributed by atoms with Crippen molar-refractivity contribution in [2.75, 3.05) is 11.1 Å². The fourth-order valence-corrected chi connectivity index (χ4v) is 1.73. The van der Waals surface area contributed by atoms with Crippen LogP contribution < -0.4 is 11.1 Å². The topological polar surface area (TPSA) is 63.8 Å². The molecule has 2 heterocycles. The highest BCUT2D eigenvalue weighted by atomic mass is 127. The van der Waals surface area contributed by atoms with Gasteiger partial charge in [-0.25, -0.2) is 4.98 Å². The molecule has 4 nitrogen and oxygen atoms in total. The van der Waals surface area contributed by atoms with Gasteiger partial charge < -0.3 is 11.1 Å². The SMILES string of the molecule is Nc1ncc(I)cc1NCc1ccccn1. The van der Waals surface area contributed by atoms with E-state index in [1.54, 1.807) is 12.4 Å². The zero-order chi connectivity index (χ0) is 11.4. The van der Waals surface area contributed by atoms with Gasteiger partial charge in [0.05, 0.1) is 17.9 Å². The highest BCUT2D eigenvalue weighted by molar-refractivity contribution is 14.1. The first-order chi connectivity index (χ1) is 7.75. The number of nitrogens with two attached hydrogens (primary N) is 1. The molecule has 82 valence electrons. The molecule has 0 unspecified atom stereocenters. The van der Waals surface area contributed by atoms with E-state index in [0.29, 0.717) is 12.4 Å². The highest BCUT2D eigenvalue weighted by Gasteiger charge is 2.01. The number of nitrogens with one attached hydrogen (secondary N) is 1. The summed E-state index contributed by atoms with van der Waals surface area (Å²) in [7, 11) is 0. The van der Waals surface area contributed by atoms with Gasteiger partial charge in [0.2, 0.25) is 0 Å². The quantitative estimate of drug-likeness (QED) is 0.850. The Labute approximate surface area is 107 Å². The van der Waals surface area contributed by atoms with Crippen LogP contribution in [0.25, 0.3) is 0 Å². The third kappa shape index (κ3) is 2.82. The van der Waals surface area contributed by atoms with Crippen LogP contribution in [0.1, 0.15) is 5.69 Å². The summed E-state index contributed by atoms with van der Waals surface area (Å²) in [4.78, 5) is 8.30. The lowest BCUT2D eigenvalue weighted by atomic mass is 10.3. The Bertz CT molecular complexity index is 473. The van der Waals surface area contributed by atoms with E-state index in [-0.39, 0.29) is 0 Å². The second kappa shape index (κ2) is 5.11. The molecule has 0 aliphatic rings. The van der Waals surface area contributed by atoms with Gasteiger partial charge in [0, 0.05) is 16.0 Å². The molecule has 0 amide bonds. The van der Waals surface area contributed by atoms with E-state index in [2.05, 4.69) is 37.9 Å². The van der Waals surface area contributed by atoms with Crippen molar-refractivity contribution < 1.29 is 0 Å². The molecule has 2 aromatic rings. The summed E-state index contributed by atoms with van der Waals surface area (Å²) < 4.78 is 1.05. The number of hydrogen-bond acceptors (Lipinski definition) is 4. The maximum absolute atomic E-state index is 5.76. The van der Waals surface area contributed by atoms with E-state index >= 15 is 0 Å². The van der Waals surface area contributed by atoms with Gasteiger partial charge in [-0.1, -0.05) is 6.07 Å². The van der Waals surface area contributed by atoms with Gasteiger partial charge in [-0.3, -0.25) is 4.98 Å². The zero-order valence-electron chi connectivity index (χ0n) is 8.52. The predicted molar refractivity (Wildman–Crippen MR) is 72.9 cm³/mol. The monoisotopic (exact) mass is 326 g/mol. The highest BCUT2D eigenvalue weighted by Crippen LogP contribution is 2.18. The zero-order valence-corrected chi connectivity index (χ0v) is 10.7. The lowest BCUT2D eigenvalue weighted by molar-refractivity contribution is 1.04. The largest absolute Gasteiger partial charge is 0.382 e. The Hall–Kier alpha value is -1.37. The van der Waals surface area contributed by atoms with Gasteiger partial charge in [0.15, 0.2) is 0 Å². The summed E-state index contributed by atoms with van der Waals surface area (Å²) in [5.41, 5.74) is 7.57. The fourth-order valence-electron chi connectivity index (χ4n) is 1.28. The number of hydrogen-bond donors (Lipinski definition) is 2. The predicted octanol–water partition coefficient (Wildman–Crippen LogP) is 2.28. The Kier molecular flexibility index (Phi) is 3.55. The molecule has 0 aliphatic carbocycles. The maximum atomic E-state index is 5.76. The van der Waals surface area contributed by atoms with Crippen molar-refractivity contribution in [3.8, 4) is 0 Å². The number of pyridine rings is 2. The van der Waals surface area contributed by atoms with Crippen LogP contribution in [-0.2, 0) is 6.54 Å². The van der Waals surface area contributed by atoms with Gasteiger partial charge in [-0.2, -0.15) is 0 Å². The summed E-state index contributed by atoms with van der Waals surface area (Å²) in [5.74, 6) is 0.511. The number of nitrogen functional groups attached to an aromatic ring is 1. The standard InChI is InChI=1S/C11H11IN4/c12-8-5-10(11(13)16-6-8)15-7-9-3-1-2-4-14-9/h1-6,15H,7H2,(H2,13,16). The molecule has 16 heavy (non-hydrogen) atoms. The van der Waals surface area contributed by atoms with Gasteiger partial charge in [0.1, 0.15) is 5.82 Å². The third-order valence-electron chi connectivity index (χ3n) is 2.07. The molecule has 3 N–H and O–H groups in total. The van der Waals surface area contributed by atoms with Crippen molar-refractivity contribution in [3.63, 3.8) is 0 Å². The van der Waals surface area contributed by atoms with Crippen LogP contribution in [0.3, 0.4) is 0 Å². The number of aromatic nitrogens is 2. The average Bonchev–Trinajstić information content (AvgIpc) is 2.32. The van der Waals surface area contributed by atoms with Crippen LogP contribution in [0.4, 0.5) is 11.5 Å². The molecule has 0 aromatic carbocycles. The summed E-state index contributed by atoms with van der Waals surface area (Å²) in [6.45, 7) is 0.646. The third-order valence-corrected chi connectivity index (χ3v) is 2.66. The molecule has 0 aliphatic heterocycles. The molecule has 0 atom stereocenters. The van der Waals surface area contributed by atoms with E-state index in [9.17, 15) is 0 Å². The second-order valence-electron chi connectivity index (χ2n) is 3.26. The second-order valence-corrected chi connectivity index (χ2v) is 4.51.